The summed E-state index contributed by atoms with van der Waals surface area (Å²) >= 11 is 0. The molecule has 1 aliphatic carbocycles. The van der Waals surface area contributed by atoms with Crippen LogP contribution in [0.3, 0.4) is 0 Å². The van der Waals surface area contributed by atoms with Gasteiger partial charge in [0.25, 0.3) is 0 Å². The molecule has 0 saturated carbocycles. The largest absolute Gasteiger partial charge is 0.310 e. The quantitative estimate of drug-likeness (QED) is 0.263. The fourth-order valence-corrected chi connectivity index (χ4v) is 5.91. The normalized spacial score (nSPS) is 15.3. The van der Waals surface area contributed by atoms with Crippen LogP contribution in [0, 0.1) is 0 Å². The molecule has 0 aromatic heterocycles. The van der Waals surface area contributed by atoms with Gasteiger partial charge in [-0.1, -0.05) is 119 Å². The highest BCUT2D eigenvalue weighted by Gasteiger charge is 2.47. The van der Waals surface area contributed by atoms with E-state index in [2.05, 4.69) is 148 Å². The maximum absolute atomic E-state index is 2.47. The Morgan fingerprint density at radius 2 is 1.09 bits per heavy atom. The molecule has 0 heterocycles. The van der Waals surface area contributed by atoms with Gasteiger partial charge in [0.2, 0.25) is 0 Å². The zero-order valence-electron chi connectivity index (χ0n) is 20.9. The van der Waals surface area contributed by atoms with E-state index in [9.17, 15) is 0 Å². The Morgan fingerprint density at radius 3 is 1.91 bits per heavy atom. The standard InChI is InChI=1S/C34H31N/c1-33(2)29-21-11-10-19-27(29)28-20-13-23-31(32(28)34(33,3)4)35(25-16-6-5-7-17-25)30-22-12-15-24-14-8-9-18-26(24)30/h5-23H,1-4H3. The van der Waals surface area contributed by atoms with Crippen molar-refractivity contribution in [2.45, 2.75) is 38.5 Å². The van der Waals surface area contributed by atoms with Crippen LogP contribution >= 0.6 is 0 Å². The molecule has 0 atom stereocenters. The van der Waals surface area contributed by atoms with E-state index >= 15 is 0 Å². The fraction of sp³-hybridized carbons (Fsp3) is 0.176. The topological polar surface area (TPSA) is 3.24 Å². The van der Waals surface area contributed by atoms with E-state index < -0.39 is 0 Å². The predicted molar refractivity (Wildman–Crippen MR) is 150 cm³/mol. The average molecular weight is 454 g/mol. The third kappa shape index (κ3) is 3.15. The summed E-state index contributed by atoms with van der Waals surface area (Å²) in [4.78, 5) is 2.47. The van der Waals surface area contributed by atoms with Gasteiger partial charge in [-0.2, -0.15) is 0 Å². The van der Waals surface area contributed by atoms with E-state index in [0.717, 1.165) is 0 Å². The molecular formula is C34H31N. The van der Waals surface area contributed by atoms with Crippen molar-refractivity contribution in [3.8, 4) is 11.1 Å². The summed E-state index contributed by atoms with van der Waals surface area (Å²) in [5, 5.41) is 2.50. The molecule has 0 spiro atoms. The summed E-state index contributed by atoms with van der Waals surface area (Å²) in [6.07, 6.45) is 0. The molecule has 0 saturated heterocycles. The second-order valence-electron chi connectivity index (χ2n) is 10.7. The van der Waals surface area contributed by atoms with Gasteiger partial charge in [0.15, 0.2) is 0 Å². The number of fused-ring (bicyclic) bond motifs is 4. The predicted octanol–water partition coefficient (Wildman–Crippen LogP) is 9.55. The van der Waals surface area contributed by atoms with Gasteiger partial charge in [0.1, 0.15) is 0 Å². The molecule has 1 aliphatic rings. The molecular weight excluding hydrogens is 422 g/mol. The van der Waals surface area contributed by atoms with E-state index in [4.69, 9.17) is 0 Å². The second kappa shape index (κ2) is 7.85. The maximum atomic E-state index is 2.47. The summed E-state index contributed by atoms with van der Waals surface area (Å²) < 4.78 is 0. The van der Waals surface area contributed by atoms with E-state index in [-0.39, 0.29) is 10.8 Å². The van der Waals surface area contributed by atoms with Crippen molar-refractivity contribution in [1.82, 2.24) is 0 Å². The first-order valence-corrected chi connectivity index (χ1v) is 12.5. The molecule has 6 rings (SSSR count). The maximum Gasteiger partial charge on any atom is 0.0540 e. The van der Waals surface area contributed by atoms with Crippen molar-refractivity contribution < 1.29 is 0 Å². The minimum Gasteiger partial charge on any atom is -0.310 e. The number of nitrogens with zero attached hydrogens (tertiary/aromatic N) is 1. The lowest BCUT2D eigenvalue weighted by atomic mass is 9.55. The van der Waals surface area contributed by atoms with Gasteiger partial charge < -0.3 is 4.90 Å². The molecule has 0 fully saturated rings. The first-order chi connectivity index (χ1) is 16.9. The van der Waals surface area contributed by atoms with Crippen LogP contribution in [-0.4, -0.2) is 0 Å². The molecule has 0 radical (unpaired) electrons. The Kier molecular flexibility index (Phi) is 4.86. The number of anilines is 3. The highest BCUT2D eigenvalue weighted by molar-refractivity contribution is 6.00. The second-order valence-corrected chi connectivity index (χ2v) is 10.7. The smallest absolute Gasteiger partial charge is 0.0540 e. The third-order valence-corrected chi connectivity index (χ3v) is 8.38. The number of benzene rings is 5. The molecule has 0 N–H and O–H groups in total. The van der Waals surface area contributed by atoms with Gasteiger partial charge in [-0.25, -0.2) is 0 Å². The Balaban J connectivity index is 1.72. The van der Waals surface area contributed by atoms with Crippen LogP contribution in [0.4, 0.5) is 17.1 Å². The molecule has 0 amide bonds. The van der Waals surface area contributed by atoms with Crippen molar-refractivity contribution in [3.05, 3.63) is 126 Å². The molecule has 35 heavy (non-hydrogen) atoms. The van der Waals surface area contributed by atoms with E-state index in [0.29, 0.717) is 0 Å². The van der Waals surface area contributed by atoms with Crippen LogP contribution in [-0.2, 0) is 10.8 Å². The monoisotopic (exact) mass is 453 g/mol. The zero-order chi connectivity index (χ0) is 24.2. The molecule has 0 unspecified atom stereocenters. The van der Waals surface area contributed by atoms with Gasteiger partial charge in [0, 0.05) is 16.5 Å². The Labute approximate surface area is 208 Å². The van der Waals surface area contributed by atoms with Gasteiger partial charge >= 0.3 is 0 Å². The van der Waals surface area contributed by atoms with Crippen molar-refractivity contribution in [2.24, 2.45) is 0 Å². The zero-order valence-corrected chi connectivity index (χ0v) is 20.9. The van der Waals surface area contributed by atoms with Crippen LogP contribution in [0.5, 0.6) is 0 Å². The molecule has 5 aromatic rings. The van der Waals surface area contributed by atoms with Crippen LogP contribution in [0.1, 0.15) is 38.8 Å². The molecule has 1 heteroatoms. The summed E-state index contributed by atoms with van der Waals surface area (Å²) in [6, 6.07) is 41.9. The number of hydrogen-bond acceptors (Lipinski definition) is 1. The lowest BCUT2D eigenvalue weighted by Gasteiger charge is -2.50. The third-order valence-electron chi connectivity index (χ3n) is 8.38. The van der Waals surface area contributed by atoms with E-state index in [1.165, 1.54) is 50.1 Å². The molecule has 1 nitrogen and oxygen atoms in total. The first kappa shape index (κ1) is 21.7. The Bertz CT molecular complexity index is 1540. The summed E-state index contributed by atoms with van der Waals surface area (Å²) in [7, 11) is 0. The van der Waals surface area contributed by atoms with Gasteiger partial charge in [0.05, 0.1) is 11.4 Å². The number of hydrogen-bond donors (Lipinski definition) is 0. The SMILES string of the molecule is CC1(C)c2ccccc2-c2cccc(N(c3ccccc3)c3cccc4ccccc34)c2C1(C)C. The first-order valence-electron chi connectivity index (χ1n) is 12.5. The van der Waals surface area contributed by atoms with Crippen LogP contribution < -0.4 is 4.90 Å². The lowest BCUT2D eigenvalue weighted by Crippen LogP contribution is -2.44. The molecule has 172 valence electrons. The molecule has 0 aliphatic heterocycles. The number of rotatable bonds is 3. The Morgan fingerprint density at radius 1 is 0.486 bits per heavy atom. The van der Waals surface area contributed by atoms with Crippen molar-refractivity contribution in [3.63, 3.8) is 0 Å². The minimum absolute atomic E-state index is 0.0339. The molecule has 5 aromatic carbocycles. The summed E-state index contributed by atoms with van der Waals surface area (Å²) in [6.45, 7) is 9.63. The van der Waals surface area contributed by atoms with Gasteiger partial charge in [-0.05, 0) is 57.3 Å². The average Bonchev–Trinajstić information content (AvgIpc) is 2.89. The van der Waals surface area contributed by atoms with E-state index in [1.807, 2.05) is 0 Å². The Hall–Kier alpha value is -3.84. The highest BCUT2D eigenvalue weighted by Crippen LogP contribution is 2.57. The van der Waals surface area contributed by atoms with Crippen LogP contribution in [0.25, 0.3) is 21.9 Å². The highest BCUT2D eigenvalue weighted by atomic mass is 15.1. The summed E-state index contributed by atoms with van der Waals surface area (Å²) in [5.41, 5.74) is 9.01. The van der Waals surface area contributed by atoms with Gasteiger partial charge in [-0.3, -0.25) is 0 Å². The van der Waals surface area contributed by atoms with Crippen molar-refractivity contribution >= 4 is 27.8 Å². The van der Waals surface area contributed by atoms with E-state index in [1.54, 1.807) is 0 Å². The van der Waals surface area contributed by atoms with Crippen LogP contribution in [0.2, 0.25) is 0 Å². The minimum atomic E-state index is -0.0924. The summed E-state index contributed by atoms with van der Waals surface area (Å²) in [5.74, 6) is 0. The van der Waals surface area contributed by atoms with Crippen molar-refractivity contribution in [2.75, 3.05) is 4.90 Å². The lowest BCUT2D eigenvalue weighted by molar-refractivity contribution is 0.300. The fourth-order valence-electron chi connectivity index (χ4n) is 5.91. The van der Waals surface area contributed by atoms with Gasteiger partial charge in [-0.15, -0.1) is 0 Å². The number of para-hydroxylation sites is 1. The van der Waals surface area contributed by atoms with Crippen LogP contribution in [0.15, 0.2) is 115 Å². The van der Waals surface area contributed by atoms with Crippen molar-refractivity contribution in [1.29, 1.82) is 0 Å². The molecule has 0 bridgehead atoms.